The third kappa shape index (κ3) is 4.73. The predicted molar refractivity (Wildman–Crippen MR) is 72.5 cm³/mol. The van der Waals surface area contributed by atoms with E-state index >= 15 is 0 Å². The van der Waals surface area contributed by atoms with E-state index in [1.807, 2.05) is 0 Å². The molecule has 0 heterocycles. The molecule has 0 saturated carbocycles. The van der Waals surface area contributed by atoms with Crippen LogP contribution in [0.25, 0.3) is 0 Å². The van der Waals surface area contributed by atoms with Gasteiger partial charge >= 0.3 is 5.97 Å². The number of carbonyl (C=O) groups excluding carboxylic acids is 1. The molecular weight excluding hydrogens is 285 g/mol. The summed E-state index contributed by atoms with van der Waals surface area (Å²) in [6.45, 7) is 3.59. The monoisotopic (exact) mass is 301 g/mol. The van der Waals surface area contributed by atoms with Crippen molar-refractivity contribution in [2.45, 2.75) is 31.2 Å². The van der Waals surface area contributed by atoms with Crippen LogP contribution in [0.5, 0.6) is 0 Å². The van der Waals surface area contributed by atoms with E-state index < -0.39 is 22.6 Å². The minimum atomic E-state index is -1.76. The van der Waals surface area contributed by atoms with Crippen molar-refractivity contribution < 1.29 is 23.3 Å². The molecule has 1 unspecified atom stereocenters. The molecule has 1 aromatic carbocycles. The minimum Gasteiger partial charge on any atom is -0.478 e. The lowest BCUT2D eigenvalue weighted by Crippen LogP contribution is -2.30. The van der Waals surface area contributed by atoms with E-state index in [1.54, 1.807) is 13.8 Å². The summed E-state index contributed by atoms with van der Waals surface area (Å²) in [6.07, 6.45) is -0.0124. The number of carboxylic acid groups (broad SMARTS) is 1. The molecule has 0 aromatic heterocycles. The number of hydrogen-bond acceptors (Lipinski definition) is 3. The first-order valence-corrected chi connectivity index (χ1v) is 7.33. The molecule has 110 valence electrons. The molecule has 0 aliphatic carbocycles. The Morgan fingerprint density at radius 2 is 2.05 bits per heavy atom. The lowest BCUT2D eigenvalue weighted by molar-refractivity contribution is -0.121. The van der Waals surface area contributed by atoms with Crippen molar-refractivity contribution in [2.75, 3.05) is 5.75 Å². The molecule has 5 nitrogen and oxygen atoms in total. The average molecular weight is 301 g/mol. The Balaban J connectivity index is 2.75. The van der Waals surface area contributed by atoms with Gasteiger partial charge in [-0.3, -0.25) is 9.00 Å². The molecule has 1 rings (SSSR count). The van der Waals surface area contributed by atoms with Gasteiger partial charge in [0.25, 0.3) is 0 Å². The summed E-state index contributed by atoms with van der Waals surface area (Å²) in [5.41, 5.74) is -0.138. The van der Waals surface area contributed by atoms with Crippen LogP contribution in [0.1, 0.15) is 30.6 Å². The molecule has 0 saturated heterocycles. The molecule has 0 aliphatic rings. The van der Waals surface area contributed by atoms with Crippen LogP contribution in [0.4, 0.5) is 4.39 Å². The van der Waals surface area contributed by atoms with Gasteiger partial charge < -0.3 is 10.4 Å². The van der Waals surface area contributed by atoms with Crippen LogP contribution < -0.4 is 5.32 Å². The van der Waals surface area contributed by atoms with Gasteiger partial charge in [-0.1, -0.05) is 0 Å². The molecule has 20 heavy (non-hydrogen) atoms. The van der Waals surface area contributed by atoms with Gasteiger partial charge in [0.15, 0.2) is 0 Å². The van der Waals surface area contributed by atoms with Crippen LogP contribution in [-0.2, 0) is 15.6 Å². The highest BCUT2D eigenvalue weighted by atomic mass is 32.2. The zero-order valence-electron chi connectivity index (χ0n) is 11.2. The third-order valence-electron chi connectivity index (χ3n) is 2.39. The number of halogens is 1. The Morgan fingerprint density at radius 3 is 2.60 bits per heavy atom. The molecule has 0 fully saturated rings. The van der Waals surface area contributed by atoms with E-state index in [0.717, 1.165) is 18.2 Å². The van der Waals surface area contributed by atoms with Crippen LogP contribution in [0, 0.1) is 5.82 Å². The Labute approximate surface area is 118 Å². The van der Waals surface area contributed by atoms with E-state index in [4.69, 9.17) is 5.11 Å². The summed E-state index contributed by atoms with van der Waals surface area (Å²) in [4.78, 5) is 22.0. The quantitative estimate of drug-likeness (QED) is 0.835. The Bertz CT molecular complexity index is 545. The highest BCUT2D eigenvalue weighted by molar-refractivity contribution is 7.85. The minimum absolute atomic E-state index is 0.0124. The fourth-order valence-electron chi connectivity index (χ4n) is 1.50. The van der Waals surface area contributed by atoms with Gasteiger partial charge in [-0.25, -0.2) is 9.18 Å². The number of rotatable bonds is 6. The maximum Gasteiger partial charge on any atom is 0.335 e. The molecule has 1 atom stereocenters. The molecule has 2 N–H and O–H groups in total. The maximum atomic E-state index is 13.5. The number of amides is 1. The molecule has 0 radical (unpaired) electrons. The highest BCUT2D eigenvalue weighted by Crippen LogP contribution is 2.15. The second-order valence-corrected chi connectivity index (χ2v) is 6.01. The van der Waals surface area contributed by atoms with Gasteiger partial charge in [0.05, 0.1) is 21.3 Å². The van der Waals surface area contributed by atoms with E-state index in [9.17, 15) is 18.2 Å². The zero-order valence-corrected chi connectivity index (χ0v) is 12.0. The van der Waals surface area contributed by atoms with Gasteiger partial charge in [-0.2, -0.15) is 0 Å². The van der Waals surface area contributed by atoms with Gasteiger partial charge in [0.1, 0.15) is 5.82 Å². The van der Waals surface area contributed by atoms with Crippen molar-refractivity contribution in [1.82, 2.24) is 5.32 Å². The maximum absolute atomic E-state index is 13.5. The van der Waals surface area contributed by atoms with Crippen molar-refractivity contribution >= 4 is 22.7 Å². The van der Waals surface area contributed by atoms with Crippen molar-refractivity contribution in [3.63, 3.8) is 0 Å². The van der Waals surface area contributed by atoms with Crippen molar-refractivity contribution in [1.29, 1.82) is 0 Å². The molecule has 0 bridgehead atoms. The number of aromatic carboxylic acids is 1. The number of nitrogens with one attached hydrogen (secondary N) is 1. The molecular formula is C13H16FNO4S. The van der Waals surface area contributed by atoms with Gasteiger partial charge in [-0.15, -0.1) is 0 Å². The normalized spacial score (nSPS) is 12.2. The third-order valence-corrected chi connectivity index (χ3v) is 3.77. The lowest BCUT2D eigenvalue weighted by Gasteiger charge is -2.08. The molecule has 7 heteroatoms. The topological polar surface area (TPSA) is 83.5 Å². The average Bonchev–Trinajstić information content (AvgIpc) is 2.35. The largest absolute Gasteiger partial charge is 0.478 e. The summed E-state index contributed by atoms with van der Waals surface area (Å²) in [7, 11) is -1.76. The number of carboxylic acids is 1. The highest BCUT2D eigenvalue weighted by Gasteiger charge is 2.15. The summed E-state index contributed by atoms with van der Waals surface area (Å²) in [5.74, 6) is -2.29. The summed E-state index contributed by atoms with van der Waals surface area (Å²) >= 11 is 0. The van der Waals surface area contributed by atoms with Crippen molar-refractivity contribution in [3.8, 4) is 0 Å². The first-order chi connectivity index (χ1) is 9.31. The Hall–Kier alpha value is -1.76. The van der Waals surface area contributed by atoms with Gasteiger partial charge in [0, 0.05) is 18.2 Å². The standard InChI is InChI=1S/C13H16FNO4S/c1-8(2)15-12(16)5-6-20(19)11-7-9(13(17)18)3-4-10(11)14/h3-4,7-8H,5-6H2,1-2H3,(H,15,16)(H,17,18). The van der Waals surface area contributed by atoms with Crippen molar-refractivity contribution in [2.24, 2.45) is 0 Å². The molecule has 0 spiro atoms. The van der Waals surface area contributed by atoms with Gasteiger partial charge in [-0.05, 0) is 32.0 Å². The van der Waals surface area contributed by atoms with E-state index in [1.165, 1.54) is 0 Å². The van der Waals surface area contributed by atoms with Crippen LogP contribution >= 0.6 is 0 Å². The second kappa shape index (κ2) is 7.14. The SMILES string of the molecule is CC(C)NC(=O)CCS(=O)c1cc(C(=O)O)ccc1F. The smallest absolute Gasteiger partial charge is 0.335 e. The van der Waals surface area contributed by atoms with E-state index in [2.05, 4.69) is 5.32 Å². The fraction of sp³-hybridized carbons (Fsp3) is 0.385. The van der Waals surface area contributed by atoms with E-state index in [0.29, 0.717) is 0 Å². The second-order valence-electron chi connectivity index (χ2n) is 4.47. The summed E-state index contributed by atoms with van der Waals surface area (Å²) in [5, 5.41) is 11.4. The first-order valence-electron chi connectivity index (χ1n) is 6.02. The molecule has 1 aromatic rings. The first kappa shape index (κ1) is 16.3. The van der Waals surface area contributed by atoms with Gasteiger partial charge in [0.2, 0.25) is 5.91 Å². The summed E-state index contributed by atoms with van der Waals surface area (Å²) < 4.78 is 25.5. The number of carbonyl (C=O) groups is 2. The predicted octanol–water partition coefficient (Wildman–Crippen LogP) is 1.55. The van der Waals surface area contributed by atoms with Crippen LogP contribution in [0.15, 0.2) is 23.1 Å². The Morgan fingerprint density at radius 1 is 1.40 bits per heavy atom. The number of hydrogen-bond donors (Lipinski definition) is 2. The Kier molecular flexibility index (Phi) is 5.82. The van der Waals surface area contributed by atoms with Crippen LogP contribution in [-0.4, -0.2) is 33.0 Å². The zero-order chi connectivity index (χ0) is 15.3. The van der Waals surface area contributed by atoms with Crippen LogP contribution in [0.3, 0.4) is 0 Å². The van der Waals surface area contributed by atoms with Crippen LogP contribution in [0.2, 0.25) is 0 Å². The lowest BCUT2D eigenvalue weighted by atomic mass is 10.2. The number of benzene rings is 1. The molecule has 1 amide bonds. The van der Waals surface area contributed by atoms with E-state index in [-0.39, 0.29) is 34.6 Å². The van der Waals surface area contributed by atoms with Crippen molar-refractivity contribution in [3.05, 3.63) is 29.6 Å². The summed E-state index contributed by atoms with van der Waals surface area (Å²) in [6, 6.07) is 3.08. The molecule has 0 aliphatic heterocycles. The fourth-order valence-corrected chi connectivity index (χ4v) is 2.64.